The highest BCUT2D eigenvalue weighted by molar-refractivity contribution is 9.10. The largest absolute Gasteiger partial charge is 0.356 e. The Labute approximate surface area is 126 Å². The van der Waals surface area contributed by atoms with Crippen molar-refractivity contribution in [2.75, 3.05) is 30.0 Å². The predicted octanol–water partition coefficient (Wildman–Crippen LogP) is 0.877. The number of halogens is 1. The van der Waals surface area contributed by atoms with Crippen LogP contribution in [0.3, 0.4) is 0 Å². The molecule has 1 aromatic heterocycles. The molecule has 4 N–H and O–H groups in total. The molecule has 2 rings (SSSR count). The number of hydrogen-bond acceptors (Lipinski definition) is 6. The minimum Gasteiger partial charge on any atom is -0.356 e. The quantitative estimate of drug-likeness (QED) is 0.555. The number of hydrazine groups is 1. The third kappa shape index (κ3) is 3.80. The van der Waals surface area contributed by atoms with Gasteiger partial charge in [-0.25, -0.2) is 10.8 Å². The maximum atomic E-state index is 10.9. The lowest BCUT2D eigenvalue weighted by Gasteiger charge is -2.33. The van der Waals surface area contributed by atoms with Crippen LogP contribution in [0.2, 0.25) is 0 Å². The van der Waals surface area contributed by atoms with Crippen LogP contribution in [-0.2, 0) is 4.79 Å². The average molecular weight is 343 g/mol. The van der Waals surface area contributed by atoms with E-state index in [2.05, 4.69) is 41.5 Å². The van der Waals surface area contributed by atoms with Gasteiger partial charge in [0.05, 0.1) is 4.47 Å². The average Bonchev–Trinajstić information content (AvgIpc) is 2.46. The van der Waals surface area contributed by atoms with Crippen LogP contribution in [0.15, 0.2) is 10.7 Å². The molecule has 0 radical (unpaired) electrons. The van der Waals surface area contributed by atoms with Gasteiger partial charge >= 0.3 is 0 Å². The van der Waals surface area contributed by atoms with E-state index in [0.717, 1.165) is 42.8 Å². The Balaban J connectivity index is 1.95. The highest BCUT2D eigenvalue weighted by Crippen LogP contribution is 2.28. The molecule has 1 aromatic rings. The number of anilines is 2. The highest BCUT2D eigenvalue weighted by atomic mass is 79.9. The molecule has 20 heavy (non-hydrogen) atoms. The molecule has 7 nitrogen and oxygen atoms in total. The van der Waals surface area contributed by atoms with Crippen LogP contribution >= 0.6 is 15.9 Å². The molecule has 0 bridgehead atoms. The number of rotatable bonds is 4. The topological polar surface area (TPSA) is 96.2 Å². The Morgan fingerprint density at radius 1 is 1.55 bits per heavy atom. The van der Waals surface area contributed by atoms with Gasteiger partial charge in [0, 0.05) is 32.8 Å². The predicted molar refractivity (Wildman–Crippen MR) is 81.2 cm³/mol. The van der Waals surface area contributed by atoms with E-state index in [1.807, 2.05) is 0 Å². The zero-order valence-corrected chi connectivity index (χ0v) is 13.0. The van der Waals surface area contributed by atoms with E-state index in [-0.39, 0.29) is 5.91 Å². The first-order valence-corrected chi connectivity index (χ1v) is 7.38. The number of amides is 1. The van der Waals surface area contributed by atoms with Crippen LogP contribution in [0, 0.1) is 5.92 Å². The van der Waals surface area contributed by atoms with Crippen molar-refractivity contribution >= 4 is 33.6 Å². The lowest BCUT2D eigenvalue weighted by Crippen LogP contribution is -2.38. The fraction of sp³-hybridized carbons (Fsp3) is 0.583. The number of carbonyl (C=O) groups excluding carboxylic acids is 1. The molecule has 0 unspecified atom stereocenters. The van der Waals surface area contributed by atoms with Gasteiger partial charge in [0.15, 0.2) is 0 Å². The zero-order valence-electron chi connectivity index (χ0n) is 11.4. The molecule has 1 aliphatic rings. The van der Waals surface area contributed by atoms with E-state index in [4.69, 9.17) is 5.84 Å². The molecular formula is C12H19BrN6O. The van der Waals surface area contributed by atoms with Gasteiger partial charge in [-0.15, -0.1) is 0 Å². The number of nitrogens with two attached hydrogens (primary N) is 1. The molecule has 1 amide bonds. The number of nitrogens with zero attached hydrogens (tertiary/aromatic N) is 3. The zero-order chi connectivity index (χ0) is 14.5. The molecular weight excluding hydrogens is 324 g/mol. The van der Waals surface area contributed by atoms with Crippen molar-refractivity contribution in [2.45, 2.75) is 19.8 Å². The maximum Gasteiger partial charge on any atom is 0.239 e. The van der Waals surface area contributed by atoms with Crippen molar-refractivity contribution in [3.63, 3.8) is 0 Å². The van der Waals surface area contributed by atoms with Gasteiger partial charge in [0.1, 0.15) is 5.82 Å². The summed E-state index contributed by atoms with van der Waals surface area (Å²) in [5.41, 5.74) is 2.46. The molecule has 0 spiro atoms. The van der Waals surface area contributed by atoms with Crippen molar-refractivity contribution in [1.82, 2.24) is 15.3 Å². The summed E-state index contributed by atoms with van der Waals surface area (Å²) in [4.78, 5) is 21.6. The molecule has 1 aliphatic heterocycles. The van der Waals surface area contributed by atoms with E-state index in [1.165, 1.54) is 0 Å². The highest BCUT2D eigenvalue weighted by Gasteiger charge is 2.22. The first kappa shape index (κ1) is 15.0. The fourth-order valence-electron chi connectivity index (χ4n) is 2.29. The van der Waals surface area contributed by atoms with Crippen LogP contribution in [0.1, 0.15) is 19.8 Å². The summed E-state index contributed by atoms with van der Waals surface area (Å²) in [5, 5.41) is 2.88. The summed E-state index contributed by atoms with van der Waals surface area (Å²) in [5.74, 6) is 7.16. The molecule has 8 heteroatoms. The standard InChI is InChI=1S/C12H19BrN6O/c1-8(20)15-6-9-2-4-19(5-3-9)11-10(13)7-16-12(17-11)18-14/h7,9H,2-6,14H2,1H3,(H,15,20)(H,16,17,18). The summed E-state index contributed by atoms with van der Waals surface area (Å²) in [6.07, 6.45) is 3.76. The molecule has 0 saturated carbocycles. The molecule has 1 fully saturated rings. The van der Waals surface area contributed by atoms with Gasteiger partial charge in [-0.2, -0.15) is 4.98 Å². The summed E-state index contributed by atoms with van der Waals surface area (Å²) >= 11 is 3.47. The Morgan fingerprint density at radius 2 is 2.25 bits per heavy atom. The number of hydrogen-bond donors (Lipinski definition) is 3. The van der Waals surface area contributed by atoms with Crippen molar-refractivity contribution < 1.29 is 4.79 Å². The molecule has 0 aliphatic carbocycles. The van der Waals surface area contributed by atoms with Crippen LogP contribution in [0.5, 0.6) is 0 Å². The van der Waals surface area contributed by atoms with E-state index in [0.29, 0.717) is 11.9 Å². The number of nitrogen functional groups attached to an aromatic ring is 1. The fourth-order valence-corrected chi connectivity index (χ4v) is 2.73. The second kappa shape index (κ2) is 6.85. The Morgan fingerprint density at radius 3 is 2.85 bits per heavy atom. The molecule has 2 heterocycles. The third-order valence-electron chi connectivity index (χ3n) is 3.41. The van der Waals surface area contributed by atoms with Crippen molar-refractivity contribution in [2.24, 2.45) is 11.8 Å². The second-order valence-electron chi connectivity index (χ2n) is 4.88. The minimum absolute atomic E-state index is 0.0321. The van der Waals surface area contributed by atoms with Gasteiger partial charge < -0.3 is 10.2 Å². The van der Waals surface area contributed by atoms with Crippen molar-refractivity contribution in [3.05, 3.63) is 10.7 Å². The lowest BCUT2D eigenvalue weighted by molar-refractivity contribution is -0.119. The number of carbonyl (C=O) groups is 1. The van der Waals surface area contributed by atoms with Crippen LogP contribution in [0.4, 0.5) is 11.8 Å². The number of nitrogens with one attached hydrogen (secondary N) is 2. The SMILES string of the molecule is CC(=O)NCC1CCN(c2nc(NN)ncc2Br)CC1. The van der Waals surface area contributed by atoms with Crippen molar-refractivity contribution in [1.29, 1.82) is 0 Å². The number of piperidine rings is 1. The molecule has 1 saturated heterocycles. The monoisotopic (exact) mass is 342 g/mol. The van der Waals surface area contributed by atoms with Gasteiger partial charge in [-0.3, -0.25) is 10.2 Å². The summed E-state index contributed by atoms with van der Waals surface area (Å²) < 4.78 is 0.858. The second-order valence-corrected chi connectivity index (χ2v) is 5.73. The van der Waals surface area contributed by atoms with Gasteiger partial charge in [0.25, 0.3) is 0 Å². The van der Waals surface area contributed by atoms with E-state index in [9.17, 15) is 4.79 Å². The molecule has 0 aromatic carbocycles. The summed E-state index contributed by atoms with van der Waals surface area (Å²) in [7, 11) is 0. The van der Waals surface area contributed by atoms with Crippen LogP contribution in [0.25, 0.3) is 0 Å². The Kier molecular flexibility index (Phi) is 5.13. The summed E-state index contributed by atoms with van der Waals surface area (Å²) in [6.45, 7) is 4.12. The Hall–Kier alpha value is -1.41. The molecule has 110 valence electrons. The van der Waals surface area contributed by atoms with E-state index >= 15 is 0 Å². The third-order valence-corrected chi connectivity index (χ3v) is 3.97. The van der Waals surface area contributed by atoms with Crippen LogP contribution in [-0.4, -0.2) is 35.5 Å². The minimum atomic E-state index is 0.0321. The van der Waals surface area contributed by atoms with Gasteiger partial charge in [-0.1, -0.05) is 0 Å². The maximum absolute atomic E-state index is 10.9. The first-order chi connectivity index (χ1) is 9.60. The number of aromatic nitrogens is 2. The Bertz CT molecular complexity index is 475. The van der Waals surface area contributed by atoms with Gasteiger partial charge in [0.2, 0.25) is 11.9 Å². The van der Waals surface area contributed by atoms with E-state index < -0.39 is 0 Å². The van der Waals surface area contributed by atoms with Crippen molar-refractivity contribution in [3.8, 4) is 0 Å². The smallest absolute Gasteiger partial charge is 0.239 e. The van der Waals surface area contributed by atoms with Gasteiger partial charge in [-0.05, 0) is 34.7 Å². The van der Waals surface area contributed by atoms with Crippen LogP contribution < -0.4 is 21.5 Å². The molecule has 0 atom stereocenters. The lowest BCUT2D eigenvalue weighted by atomic mass is 9.97. The summed E-state index contributed by atoms with van der Waals surface area (Å²) in [6, 6.07) is 0. The normalized spacial score (nSPS) is 16.1. The first-order valence-electron chi connectivity index (χ1n) is 6.58. The van der Waals surface area contributed by atoms with E-state index in [1.54, 1.807) is 13.1 Å².